The lowest BCUT2D eigenvalue weighted by molar-refractivity contribution is -0.137. The van der Waals surface area contributed by atoms with Crippen molar-refractivity contribution in [3.05, 3.63) is 12.7 Å². The normalized spacial score (nSPS) is 12.9. The molecule has 1 heterocycles. The van der Waals surface area contributed by atoms with Crippen LogP contribution < -0.4 is 5.32 Å². The van der Waals surface area contributed by atoms with Gasteiger partial charge in [-0.1, -0.05) is 20.8 Å². The highest BCUT2D eigenvalue weighted by Crippen LogP contribution is 2.32. The van der Waals surface area contributed by atoms with E-state index in [1.54, 1.807) is 0 Å². The van der Waals surface area contributed by atoms with E-state index in [9.17, 15) is 9.59 Å². The van der Waals surface area contributed by atoms with Crippen LogP contribution in [0.15, 0.2) is 12.7 Å². The summed E-state index contributed by atoms with van der Waals surface area (Å²) in [4.78, 5) is 26.2. The lowest BCUT2D eigenvalue weighted by Crippen LogP contribution is -2.32. The van der Waals surface area contributed by atoms with Gasteiger partial charge in [0.05, 0.1) is 0 Å². The number of aromatic nitrogens is 3. The Morgan fingerprint density at radius 1 is 1.33 bits per heavy atom. The largest absolute Gasteiger partial charge is 0.481 e. The number of hydrogen-bond donors (Lipinski definition) is 2. The summed E-state index contributed by atoms with van der Waals surface area (Å²) >= 11 is 0. The molecule has 1 aromatic heterocycles. The Kier molecular flexibility index (Phi) is 6.33. The van der Waals surface area contributed by atoms with Crippen molar-refractivity contribution in [2.75, 3.05) is 6.54 Å². The molecule has 0 bridgehead atoms. The fourth-order valence-corrected chi connectivity index (χ4v) is 2.21. The van der Waals surface area contributed by atoms with Crippen LogP contribution in [0.2, 0.25) is 0 Å². The molecule has 0 aromatic carbocycles. The number of carboxylic acid groups (broad SMARTS) is 1. The van der Waals surface area contributed by atoms with Crippen LogP contribution >= 0.6 is 0 Å². The highest BCUT2D eigenvalue weighted by molar-refractivity contribution is 5.75. The molecule has 21 heavy (non-hydrogen) atoms. The molecule has 0 aliphatic rings. The fraction of sp³-hybridized carbons (Fsp3) is 0.714. The van der Waals surface area contributed by atoms with Crippen LogP contribution in [0.25, 0.3) is 0 Å². The summed E-state index contributed by atoms with van der Waals surface area (Å²) in [5, 5.41) is 15.5. The summed E-state index contributed by atoms with van der Waals surface area (Å²) in [6, 6.07) is 0. The van der Waals surface area contributed by atoms with E-state index in [-0.39, 0.29) is 30.2 Å². The Morgan fingerprint density at radius 3 is 2.57 bits per heavy atom. The minimum atomic E-state index is -0.778. The zero-order valence-corrected chi connectivity index (χ0v) is 12.9. The van der Waals surface area contributed by atoms with Crippen LogP contribution in [0.5, 0.6) is 0 Å². The molecule has 7 heteroatoms. The second-order valence-electron chi connectivity index (χ2n) is 6.23. The average Bonchev–Trinajstić information content (AvgIpc) is 2.84. The molecule has 0 saturated heterocycles. The molecule has 0 aliphatic heterocycles. The second kappa shape index (κ2) is 7.75. The molecule has 118 valence electrons. The highest BCUT2D eigenvalue weighted by atomic mass is 16.4. The smallest absolute Gasteiger partial charge is 0.303 e. The van der Waals surface area contributed by atoms with Gasteiger partial charge in [-0.15, -0.1) is 0 Å². The zero-order valence-electron chi connectivity index (χ0n) is 12.9. The quantitative estimate of drug-likeness (QED) is 0.754. The van der Waals surface area contributed by atoms with Crippen molar-refractivity contribution in [1.29, 1.82) is 0 Å². The number of amides is 1. The summed E-state index contributed by atoms with van der Waals surface area (Å²) in [7, 11) is 0. The Bertz CT molecular complexity index is 451. The van der Waals surface area contributed by atoms with Crippen LogP contribution in [0, 0.1) is 11.3 Å². The molecule has 1 unspecified atom stereocenters. The molecular weight excluding hydrogens is 272 g/mol. The monoisotopic (exact) mass is 296 g/mol. The van der Waals surface area contributed by atoms with Crippen LogP contribution in [-0.2, 0) is 16.1 Å². The molecule has 2 N–H and O–H groups in total. The summed E-state index contributed by atoms with van der Waals surface area (Å²) < 4.78 is 1.46. The van der Waals surface area contributed by atoms with Gasteiger partial charge in [-0.05, 0) is 24.2 Å². The third-order valence-electron chi connectivity index (χ3n) is 3.52. The maximum atomic E-state index is 11.7. The van der Waals surface area contributed by atoms with Gasteiger partial charge in [0.15, 0.2) is 0 Å². The summed E-state index contributed by atoms with van der Waals surface area (Å²) in [6.07, 6.45) is 4.42. The number of nitrogens with zero attached hydrogens (tertiary/aromatic N) is 3. The Morgan fingerprint density at radius 2 is 2.05 bits per heavy atom. The van der Waals surface area contributed by atoms with Crippen LogP contribution in [0.3, 0.4) is 0 Å². The second-order valence-corrected chi connectivity index (χ2v) is 6.23. The fourth-order valence-electron chi connectivity index (χ4n) is 2.21. The van der Waals surface area contributed by atoms with E-state index in [0.29, 0.717) is 13.0 Å². The number of carbonyl (C=O) groups excluding carboxylic acids is 1. The van der Waals surface area contributed by atoms with E-state index in [4.69, 9.17) is 5.11 Å². The van der Waals surface area contributed by atoms with E-state index in [2.05, 4.69) is 36.2 Å². The van der Waals surface area contributed by atoms with E-state index in [0.717, 1.165) is 6.42 Å². The van der Waals surface area contributed by atoms with Crippen molar-refractivity contribution in [3.63, 3.8) is 0 Å². The van der Waals surface area contributed by atoms with E-state index in [1.807, 2.05) is 0 Å². The molecule has 1 rings (SSSR count). The SMILES string of the molecule is CC(C)(C)C(CCNC(=O)Cn1cncn1)CCC(=O)O. The number of carboxylic acids is 1. The van der Waals surface area contributed by atoms with Crippen LogP contribution in [-0.4, -0.2) is 38.3 Å². The molecular formula is C14H24N4O3. The van der Waals surface area contributed by atoms with Crippen molar-refractivity contribution >= 4 is 11.9 Å². The molecule has 1 atom stereocenters. The molecule has 7 nitrogen and oxygen atoms in total. The first-order chi connectivity index (χ1) is 9.79. The number of rotatable bonds is 8. The first kappa shape index (κ1) is 17.1. The van der Waals surface area contributed by atoms with Gasteiger partial charge in [-0.3, -0.25) is 9.59 Å². The Hall–Kier alpha value is -1.92. The van der Waals surface area contributed by atoms with E-state index >= 15 is 0 Å². The topological polar surface area (TPSA) is 97.1 Å². The van der Waals surface area contributed by atoms with Gasteiger partial charge in [0.1, 0.15) is 19.2 Å². The molecule has 0 aliphatic carbocycles. The predicted molar refractivity (Wildman–Crippen MR) is 77.5 cm³/mol. The summed E-state index contributed by atoms with van der Waals surface area (Å²) in [5.74, 6) is -0.647. The molecule has 0 radical (unpaired) electrons. The standard InChI is InChI=1S/C14H24N4O3/c1-14(2,3)11(4-5-13(20)21)6-7-16-12(19)8-18-10-15-9-17-18/h9-11H,4-8H2,1-3H3,(H,16,19)(H,20,21). The third kappa shape index (κ3) is 6.87. The third-order valence-corrected chi connectivity index (χ3v) is 3.52. The minimum absolute atomic E-state index is 0.0199. The Balaban J connectivity index is 2.35. The predicted octanol–water partition coefficient (Wildman–Crippen LogP) is 1.31. The average molecular weight is 296 g/mol. The van der Waals surface area contributed by atoms with Gasteiger partial charge in [-0.2, -0.15) is 5.10 Å². The molecule has 0 spiro atoms. The van der Waals surface area contributed by atoms with Gasteiger partial charge in [0, 0.05) is 13.0 Å². The van der Waals surface area contributed by atoms with Gasteiger partial charge in [-0.25, -0.2) is 9.67 Å². The van der Waals surface area contributed by atoms with Crippen molar-refractivity contribution in [2.24, 2.45) is 11.3 Å². The number of aliphatic carboxylic acids is 1. The minimum Gasteiger partial charge on any atom is -0.481 e. The van der Waals surface area contributed by atoms with Gasteiger partial charge < -0.3 is 10.4 Å². The first-order valence-electron chi connectivity index (χ1n) is 7.10. The van der Waals surface area contributed by atoms with Crippen LogP contribution in [0.4, 0.5) is 0 Å². The van der Waals surface area contributed by atoms with Crippen molar-refractivity contribution < 1.29 is 14.7 Å². The summed E-state index contributed by atoms with van der Waals surface area (Å²) in [6.45, 7) is 6.97. The number of hydrogen-bond acceptors (Lipinski definition) is 4. The van der Waals surface area contributed by atoms with Crippen molar-refractivity contribution in [3.8, 4) is 0 Å². The van der Waals surface area contributed by atoms with Crippen molar-refractivity contribution in [1.82, 2.24) is 20.1 Å². The maximum Gasteiger partial charge on any atom is 0.303 e. The molecule has 0 saturated carbocycles. The van der Waals surface area contributed by atoms with E-state index in [1.165, 1.54) is 17.3 Å². The Labute approximate surface area is 124 Å². The zero-order chi connectivity index (χ0) is 15.9. The van der Waals surface area contributed by atoms with Crippen LogP contribution in [0.1, 0.15) is 40.0 Å². The molecule has 1 aromatic rings. The lowest BCUT2D eigenvalue weighted by Gasteiger charge is -2.30. The molecule has 0 fully saturated rings. The van der Waals surface area contributed by atoms with Gasteiger partial charge in [0.2, 0.25) is 5.91 Å². The van der Waals surface area contributed by atoms with E-state index < -0.39 is 5.97 Å². The maximum absolute atomic E-state index is 11.7. The first-order valence-corrected chi connectivity index (χ1v) is 7.10. The summed E-state index contributed by atoms with van der Waals surface area (Å²) in [5.41, 5.74) is 0.0199. The lowest BCUT2D eigenvalue weighted by atomic mass is 9.76. The molecule has 1 amide bonds. The number of carbonyl (C=O) groups is 2. The highest BCUT2D eigenvalue weighted by Gasteiger charge is 2.24. The van der Waals surface area contributed by atoms with Gasteiger partial charge in [0.25, 0.3) is 0 Å². The number of nitrogens with one attached hydrogen (secondary N) is 1. The van der Waals surface area contributed by atoms with Crippen molar-refractivity contribution in [2.45, 2.75) is 46.6 Å². The van der Waals surface area contributed by atoms with Gasteiger partial charge >= 0.3 is 5.97 Å².